The molecule has 1 rings (SSSR count). The summed E-state index contributed by atoms with van der Waals surface area (Å²) in [7, 11) is 0. The molecule has 1 heterocycles. The Bertz CT molecular complexity index is 341. The number of ether oxygens (including phenoxy) is 3. The lowest BCUT2D eigenvalue weighted by atomic mass is 9.82. The predicted molar refractivity (Wildman–Crippen MR) is 69.5 cm³/mol. The van der Waals surface area contributed by atoms with Crippen LogP contribution in [0.3, 0.4) is 0 Å². The van der Waals surface area contributed by atoms with Crippen LogP contribution in [0.5, 0.6) is 0 Å². The van der Waals surface area contributed by atoms with Gasteiger partial charge in [-0.05, 0) is 13.3 Å². The van der Waals surface area contributed by atoms with Crippen molar-refractivity contribution in [3.63, 3.8) is 0 Å². The molecule has 0 amide bonds. The molecule has 19 heavy (non-hydrogen) atoms. The largest absolute Gasteiger partial charge is 0.466 e. The van der Waals surface area contributed by atoms with Gasteiger partial charge in [-0.3, -0.25) is 9.59 Å². The van der Waals surface area contributed by atoms with E-state index < -0.39 is 5.60 Å². The second kappa shape index (κ2) is 6.37. The third kappa shape index (κ3) is 3.69. The first-order valence-electron chi connectivity index (χ1n) is 6.80. The van der Waals surface area contributed by atoms with E-state index in [1.165, 1.54) is 13.8 Å². The quantitative estimate of drug-likeness (QED) is 0.717. The monoisotopic (exact) mass is 272 g/mol. The molecule has 5 heteroatoms. The summed E-state index contributed by atoms with van der Waals surface area (Å²) in [5.41, 5.74) is -0.394. The van der Waals surface area contributed by atoms with Crippen LogP contribution >= 0.6 is 0 Å². The van der Waals surface area contributed by atoms with E-state index in [0.29, 0.717) is 13.0 Å². The lowest BCUT2D eigenvalue weighted by Crippen LogP contribution is -2.38. The summed E-state index contributed by atoms with van der Waals surface area (Å²) in [6.45, 7) is 9.09. The highest BCUT2D eigenvalue weighted by Gasteiger charge is 2.51. The van der Waals surface area contributed by atoms with Crippen molar-refractivity contribution in [1.82, 2.24) is 0 Å². The van der Waals surface area contributed by atoms with Gasteiger partial charge in [0, 0.05) is 26.2 Å². The molecule has 5 nitrogen and oxygen atoms in total. The number of hydrogen-bond donors (Lipinski definition) is 0. The normalized spacial score (nSPS) is 34.1. The smallest absolute Gasteiger partial charge is 0.303 e. The highest BCUT2D eigenvalue weighted by molar-refractivity contribution is 5.66. The second-order valence-corrected chi connectivity index (χ2v) is 5.19. The van der Waals surface area contributed by atoms with Crippen LogP contribution in [0, 0.1) is 5.92 Å². The average molecular weight is 272 g/mol. The van der Waals surface area contributed by atoms with Gasteiger partial charge in [-0.2, -0.15) is 0 Å². The van der Waals surface area contributed by atoms with Gasteiger partial charge in [0.25, 0.3) is 0 Å². The lowest BCUT2D eigenvalue weighted by Gasteiger charge is -2.32. The maximum atomic E-state index is 11.1. The van der Waals surface area contributed by atoms with E-state index in [1.807, 2.05) is 20.8 Å². The number of rotatable bonds is 5. The van der Waals surface area contributed by atoms with Gasteiger partial charge in [-0.1, -0.05) is 13.8 Å². The first-order chi connectivity index (χ1) is 8.82. The van der Waals surface area contributed by atoms with Gasteiger partial charge in [0.15, 0.2) is 0 Å². The summed E-state index contributed by atoms with van der Waals surface area (Å²) in [5, 5.41) is 0. The van der Waals surface area contributed by atoms with Gasteiger partial charge >= 0.3 is 11.9 Å². The molecule has 1 fully saturated rings. The third-order valence-electron chi connectivity index (χ3n) is 3.94. The Balaban J connectivity index is 2.72. The fourth-order valence-corrected chi connectivity index (χ4v) is 2.88. The Labute approximate surface area is 114 Å². The van der Waals surface area contributed by atoms with Crippen molar-refractivity contribution >= 4 is 11.9 Å². The van der Waals surface area contributed by atoms with Crippen LogP contribution < -0.4 is 0 Å². The molecule has 0 saturated carbocycles. The van der Waals surface area contributed by atoms with Crippen LogP contribution in [0.25, 0.3) is 0 Å². The summed E-state index contributed by atoms with van der Waals surface area (Å²) in [5.74, 6) is -0.507. The van der Waals surface area contributed by atoms with E-state index in [2.05, 4.69) is 0 Å². The van der Waals surface area contributed by atoms with E-state index in [9.17, 15) is 9.59 Å². The Morgan fingerprint density at radius 2 is 1.84 bits per heavy atom. The van der Waals surface area contributed by atoms with Gasteiger partial charge in [-0.25, -0.2) is 0 Å². The molecule has 0 bridgehead atoms. The Morgan fingerprint density at radius 1 is 1.21 bits per heavy atom. The van der Waals surface area contributed by atoms with E-state index in [-0.39, 0.29) is 30.1 Å². The zero-order valence-corrected chi connectivity index (χ0v) is 12.4. The number of carbonyl (C=O) groups excluding carboxylic acids is 2. The number of hydrogen-bond acceptors (Lipinski definition) is 5. The zero-order chi connectivity index (χ0) is 14.6. The summed E-state index contributed by atoms with van der Waals surface area (Å²) in [6, 6.07) is 0. The van der Waals surface area contributed by atoms with E-state index >= 15 is 0 Å². The first-order valence-corrected chi connectivity index (χ1v) is 6.80. The minimum absolute atomic E-state index is 0.0759. The maximum absolute atomic E-state index is 11.1. The number of esters is 2. The van der Waals surface area contributed by atoms with Crippen LogP contribution in [0.15, 0.2) is 0 Å². The van der Waals surface area contributed by atoms with Crippen LogP contribution in [-0.2, 0) is 23.8 Å². The van der Waals surface area contributed by atoms with E-state index in [0.717, 1.165) is 6.42 Å². The fraction of sp³-hybridized carbons (Fsp3) is 0.857. The van der Waals surface area contributed by atoms with Crippen LogP contribution in [0.1, 0.15) is 47.5 Å². The molecule has 0 aromatic rings. The molecule has 1 saturated heterocycles. The van der Waals surface area contributed by atoms with Gasteiger partial charge in [-0.15, -0.1) is 0 Å². The van der Waals surface area contributed by atoms with Crippen molar-refractivity contribution in [2.75, 3.05) is 6.61 Å². The molecular formula is C14H24O5. The molecule has 0 aliphatic carbocycles. The molecule has 0 spiro atoms. The summed E-state index contributed by atoms with van der Waals surface area (Å²) < 4.78 is 16.4. The molecule has 4 atom stereocenters. The van der Waals surface area contributed by atoms with Gasteiger partial charge in [0.2, 0.25) is 0 Å². The fourth-order valence-electron chi connectivity index (χ4n) is 2.88. The molecule has 1 aliphatic rings. The maximum Gasteiger partial charge on any atom is 0.303 e. The highest BCUT2D eigenvalue weighted by atomic mass is 16.6. The van der Waals surface area contributed by atoms with E-state index in [1.54, 1.807) is 0 Å². The van der Waals surface area contributed by atoms with Crippen molar-refractivity contribution in [2.45, 2.75) is 65.3 Å². The van der Waals surface area contributed by atoms with Crippen LogP contribution in [0.2, 0.25) is 0 Å². The van der Waals surface area contributed by atoms with Gasteiger partial charge in [0.1, 0.15) is 6.10 Å². The molecule has 1 aliphatic heterocycles. The molecule has 0 aromatic carbocycles. The topological polar surface area (TPSA) is 61.8 Å². The number of carbonyl (C=O) groups is 2. The van der Waals surface area contributed by atoms with Crippen molar-refractivity contribution in [1.29, 1.82) is 0 Å². The first kappa shape index (κ1) is 16.0. The minimum Gasteiger partial charge on any atom is -0.466 e. The molecule has 0 radical (unpaired) electrons. The Morgan fingerprint density at radius 3 is 2.32 bits per heavy atom. The SMILES string of the molecule is CC[C@]1(CCOC(C)=O)O[C@@H](C)[C@H](OC(C)=O)[C@H]1C. The zero-order valence-electron chi connectivity index (χ0n) is 12.4. The van der Waals surface area contributed by atoms with Crippen molar-refractivity contribution in [3.05, 3.63) is 0 Å². The van der Waals surface area contributed by atoms with Crippen molar-refractivity contribution in [2.24, 2.45) is 5.92 Å². The standard InChI is InChI=1S/C14H24O5/c1-6-14(7-8-17-11(4)15)9(2)13(10(3)19-14)18-12(5)16/h9-10,13H,6-8H2,1-5H3/t9-,10+,13-,14-/m1/s1. The van der Waals surface area contributed by atoms with Crippen LogP contribution in [-0.4, -0.2) is 36.4 Å². The Hall–Kier alpha value is -1.10. The van der Waals surface area contributed by atoms with Crippen molar-refractivity contribution < 1.29 is 23.8 Å². The lowest BCUT2D eigenvalue weighted by molar-refractivity contribution is -0.150. The second-order valence-electron chi connectivity index (χ2n) is 5.19. The highest BCUT2D eigenvalue weighted by Crippen LogP contribution is 2.42. The van der Waals surface area contributed by atoms with Crippen molar-refractivity contribution in [3.8, 4) is 0 Å². The molecule has 0 aromatic heterocycles. The van der Waals surface area contributed by atoms with Gasteiger partial charge in [0.05, 0.1) is 18.3 Å². The molecule has 110 valence electrons. The third-order valence-corrected chi connectivity index (χ3v) is 3.94. The summed E-state index contributed by atoms with van der Waals surface area (Å²) in [4.78, 5) is 22.0. The molecule has 0 N–H and O–H groups in total. The Kier molecular flexibility index (Phi) is 5.35. The summed E-state index contributed by atoms with van der Waals surface area (Å²) >= 11 is 0. The summed E-state index contributed by atoms with van der Waals surface area (Å²) in [6.07, 6.45) is 1.02. The van der Waals surface area contributed by atoms with Crippen LogP contribution in [0.4, 0.5) is 0 Å². The van der Waals surface area contributed by atoms with E-state index in [4.69, 9.17) is 14.2 Å². The van der Waals surface area contributed by atoms with Gasteiger partial charge < -0.3 is 14.2 Å². The molecular weight excluding hydrogens is 248 g/mol. The minimum atomic E-state index is -0.394. The predicted octanol–water partition coefficient (Wildman–Crippen LogP) is 2.07. The average Bonchev–Trinajstić information content (AvgIpc) is 2.53. The molecule has 0 unspecified atom stereocenters.